The van der Waals surface area contributed by atoms with Gasteiger partial charge in [0, 0.05) is 31.5 Å². The topological polar surface area (TPSA) is 51.4 Å². The zero-order chi connectivity index (χ0) is 16.2. The average Bonchev–Trinajstić information content (AvgIpc) is 3.14. The molecule has 0 saturated carbocycles. The van der Waals surface area contributed by atoms with Crippen LogP contribution in [0.25, 0.3) is 11.5 Å². The van der Waals surface area contributed by atoms with Crippen molar-refractivity contribution < 1.29 is 9.26 Å². The Morgan fingerprint density at radius 1 is 0.917 bits per heavy atom. The molecule has 5 heteroatoms. The second-order valence-corrected chi connectivity index (χ2v) is 5.88. The van der Waals surface area contributed by atoms with Crippen LogP contribution in [-0.2, 0) is 0 Å². The molecule has 2 aromatic carbocycles. The largest absolute Gasteiger partial charge is 0.490 e. The molecule has 5 nitrogen and oxygen atoms in total. The molecule has 0 atom stereocenters. The summed E-state index contributed by atoms with van der Waals surface area (Å²) in [5.74, 6) is 2.15. The van der Waals surface area contributed by atoms with Crippen LogP contribution in [0.3, 0.4) is 0 Å². The van der Waals surface area contributed by atoms with Gasteiger partial charge < -0.3 is 14.2 Å². The molecule has 122 valence electrons. The van der Waals surface area contributed by atoms with Crippen LogP contribution in [0.5, 0.6) is 5.75 Å². The molecule has 24 heavy (non-hydrogen) atoms. The van der Waals surface area contributed by atoms with Gasteiger partial charge in [0.15, 0.2) is 0 Å². The van der Waals surface area contributed by atoms with Gasteiger partial charge in [-0.2, -0.15) is 4.98 Å². The summed E-state index contributed by atoms with van der Waals surface area (Å²) >= 11 is 0. The highest BCUT2D eigenvalue weighted by atomic mass is 16.5. The smallest absolute Gasteiger partial charge is 0.266 e. The summed E-state index contributed by atoms with van der Waals surface area (Å²) in [6.45, 7) is 1.73. The Morgan fingerprint density at radius 3 is 2.29 bits per heavy atom. The monoisotopic (exact) mass is 321 g/mol. The van der Waals surface area contributed by atoms with E-state index in [9.17, 15) is 0 Å². The van der Waals surface area contributed by atoms with Crippen LogP contribution in [0.1, 0.15) is 12.8 Å². The van der Waals surface area contributed by atoms with Crippen molar-refractivity contribution in [2.45, 2.75) is 18.9 Å². The fraction of sp³-hybridized carbons (Fsp3) is 0.263. The lowest BCUT2D eigenvalue weighted by Gasteiger charge is -2.31. The standard InChI is InChI=1S/C19H19N3O2/c1-3-7-15(8-4-1)18-20-19(21-24-18)22-13-11-17(12-14-22)23-16-9-5-2-6-10-16/h1-10,17H,11-14H2. The number of benzene rings is 2. The van der Waals surface area contributed by atoms with Crippen molar-refractivity contribution in [3.05, 3.63) is 60.7 Å². The quantitative estimate of drug-likeness (QED) is 0.732. The van der Waals surface area contributed by atoms with E-state index in [2.05, 4.69) is 15.0 Å². The number of piperidine rings is 1. The summed E-state index contributed by atoms with van der Waals surface area (Å²) in [6, 6.07) is 19.8. The molecular formula is C19H19N3O2. The maximum atomic E-state index is 6.02. The summed E-state index contributed by atoms with van der Waals surface area (Å²) < 4.78 is 11.4. The van der Waals surface area contributed by atoms with E-state index in [1.165, 1.54) is 0 Å². The van der Waals surface area contributed by atoms with E-state index in [0.29, 0.717) is 11.8 Å². The third-order valence-electron chi connectivity index (χ3n) is 4.21. The van der Waals surface area contributed by atoms with Gasteiger partial charge in [-0.25, -0.2) is 0 Å². The molecule has 0 spiro atoms. The predicted octanol–water partition coefficient (Wildman–Crippen LogP) is 3.78. The van der Waals surface area contributed by atoms with E-state index >= 15 is 0 Å². The van der Waals surface area contributed by atoms with Crippen molar-refractivity contribution in [3.8, 4) is 17.2 Å². The second kappa shape index (κ2) is 6.74. The van der Waals surface area contributed by atoms with Crippen LogP contribution in [0, 0.1) is 0 Å². The van der Waals surface area contributed by atoms with E-state index in [1.807, 2.05) is 60.7 Å². The molecule has 0 unspecified atom stereocenters. The van der Waals surface area contributed by atoms with Crippen LogP contribution in [0.2, 0.25) is 0 Å². The Hall–Kier alpha value is -2.82. The van der Waals surface area contributed by atoms with Gasteiger partial charge >= 0.3 is 0 Å². The number of nitrogens with zero attached hydrogens (tertiary/aromatic N) is 3. The Bertz CT molecular complexity index is 766. The van der Waals surface area contributed by atoms with Crippen LogP contribution in [-0.4, -0.2) is 29.3 Å². The molecule has 0 bridgehead atoms. The van der Waals surface area contributed by atoms with Gasteiger partial charge in [-0.3, -0.25) is 0 Å². The van der Waals surface area contributed by atoms with Gasteiger partial charge in [-0.05, 0) is 29.4 Å². The lowest BCUT2D eigenvalue weighted by Crippen LogP contribution is -2.38. The number of hydrogen-bond donors (Lipinski definition) is 0. The van der Waals surface area contributed by atoms with Gasteiger partial charge in [0.1, 0.15) is 11.9 Å². The summed E-state index contributed by atoms with van der Waals surface area (Å²) in [7, 11) is 0. The SMILES string of the molecule is c1ccc(OC2CCN(c3noc(-c4ccccc4)n3)CC2)cc1. The minimum atomic E-state index is 0.240. The van der Waals surface area contributed by atoms with Crippen LogP contribution < -0.4 is 9.64 Å². The third kappa shape index (κ3) is 3.25. The lowest BCUT2D eigenvalue weighted by atomic mass is 10.1. The molecule has 1 fully saturated rings. The van der Waals surface area contributed by atoms with Gasteiger partial charge in [0.05, 0.1) is 0 Å². The van der Waals surface area contributed by atoms with E-state index in [1.54, 1.807) is 0 Å². The Kier molecular flexibility index (Phi) is 4.14. The molecule has 0 radical (unpaired) electrons. The maximum Gasteiger partial charge on any atom is 0.266 e. The zero-order valence-electron chi connectivity index (χ0n) is 13.3. The fourth-order valence-electron chi connectivity index (χ4n) is 2.91. The van der Waals surface area contributed by atoms with Gasteiger partial charge in [-0.1, -0.05) is 36.4 Å². The molecule has 4 rings (SSSR count). The van der Waals surface area contributed by atoms with Crippen molar-refractivity contribution in [2.75, 3.05) is 18.0 Å². The van der Waals surface area contributed by atoms with Crippen molar-refractivity contribution in [1.82, 2.24) is 10.1 Å². The molecule has 2 heterocycles. The zero-order valence-corrected chi connectivity index (χ0v) is 13.3. The summed E-state index contributed by atoms with van der Waals surface area (Å²) in [6.07, 6.45) is 2.14. The number of aromatic nitrogens is 2. The molecule has 1 aromatic heterocycles. The number of ether oxygens (including phenoxy) is 1. The van der Waals surface area contributed by atoms with Crippen molar-refractivity contribution in [2.24, 2.45) is 0 Å². The van der Waals surface area contributed by atoms with Gasteiger partial charge in [-0.15, -0.1) is 0 Å². The molecule has 0 amide bonds. The second-order valence-electron chi connectivity index (χ2n) is 5.88. The average molecular weight is 321 g/mol. The Morgan fingerprint density at radius 2 is 1.58 bits per heavy atom. The van der Waals surface area contributed by atoms with Gasteiger partial charge in [0.25, 0.3) is 11.8 Å². The predicted molar refractivity (Wildman–Crippen MR) is 92.0 cm³/mol. The first kappa shape index (κ1) is 14.8. The van der Waals surface area contributed by atoms with Crippen LogP contribution in [0.15, 0.2) is 65.2 Å². The summed E-state index contributed by atoms with van der Waals surface area (Å²) in [5.41, 5.74) is 0.943. The molecule has 3 aromatic rings. The molecule has 0 N–H and O–H groups in total. The van der Waals surface area contributed by atoms with E-state index < -0.39 is 0 Å². The minimum Gasteiger partial charge on any atom is -0.490 e. The first-order valence-electron chi connectivity index (χ1n) is 8.24. The highest BCUT2D eigenvalue weighted by Crippen LogP contribution is 2.24. The number of para-hydroxylation sites is 1. The number of hydrogen-bond acceptors (Lipinski definition) is 5. The first-order valence-corrected chi connectivity index (χ1v) is 8.24. The molecule has 1 saturated heterocycles. The summed E-state index contributed by atoms with van der Waals surface area (Å²) in [5, 5.41) is 4.12. The fourth-order valence-corrected chi connectivity index (χ4v) is 2.91. The molecular weight excluding hydrogens is 302 g/mol. The lowest BCUT2D eigenvalue weighted by molar-refractivity contribution is 0.170. The molecule has 1 aliphatic heterocycles. The van der Waals surface area contributed by atoms with E-state index in [-0.39, 0.29) is 6.10 Å². The molecule has 1 aliphatic rings. The number of rotatable bonds is 4. The summed E-state index contributed by atoms with van der Waals surface area (Å²) in [4.78, 5) is 6.67. The molecule has 0 aliphatic carbocycles. The third-order valence-corrected chi connectivity index (χ3v) is 4.21. The maximum absolute atomic E-state index is 6.02. The Balaban J connectivity index is 1.37. The van der Waals surface area contributed by atoms with E-state index in [4.69, 9.17) is 9.26 Å². The number of anilines is 1. The van der Waals surface area contributed by atoms with E-state index in [0.717, 1.165) is 37.2 Å². The minimum absolute atomic E-state index is 0.240. The van der Waals surface area contributed by atoms with Crippen LogP contribution >= 0.6 is 0 Å². The van der Waals surface area contributed by atoms with Crippen molar-refractivity contribution >= 4 is 5.95 Å². The highest BCUT2D eigenvalue weighted by Gasteiger charge is 2.24. The highest BCUT2D eigenvalue weighted by molar-refractivity contribution is 5.54. The Labute approximate surface area is 140 Å². The van der Waals surface area contributed by atoms with Crippen LogP contribution in [0.4, 0.5) is 5.95 Å². The van der Waals surface area contributed by atoms with Gasteiger partial charge in [0.2, 0.25) is 0 Å². The first-order chi connectivity index (χ1) is 11.9. The normalized spacial score (nSPS) is 15.4. The van der Waals surface area contributed by atoms with Crippen molar-refractivity contribution in [3.63, 3.8) is 0 Å². The van der Waals surface area contributed by atoms with Crippen molar-refractivity contribution in [1.29, 1.82) is 0 Å².